The summed E-state index contributed by atoms with van der Waals surface area (Å²) in [7, 11) is 0. The first-order valence-electron chi connectivity index (χ1n) is 7.76. The maximum Gasteiger partial charge on any atom is 0.219 e. The molecule has 3 nitrogen and oxygen atoms in total. The van der Waals surface area contributed by atoms with Crippen LogP contribution in [0.2, 0.25) is 0 Å². The highest BCUT2D eigenvalue weighted by molar-refractivity contribution is 5.73. The number of likely N-dealkylation sites (tertiary alicyclic amines) is 1. The van der Waals surface area contributed by atoms with Gasteiger partial charge >= 0.3 is 0 Å². The highest BCUT2D eigenvalue weighted by atomic mass is 16.3. The third kappa shape index (κ3) is 2.41. The number of phenolic OH excluding ortho intramolecular Hbond substituents is 1. The molecule has 0 bridgehead atoms. The summed E-state index contributed by atoms with van der Waals surface area (Å²) < 4.78 is 0. The number of fused-ring (bicyclic) bond motifs is 1. The number of hydrogen-bond acceptors (Lipinski definition) is 2. The molecule has 1 amide bonds. The average Bonchev–Trinajstić information content (AvgIpc) is 2.48. The van der Waals surface area contributed by atoms with Crippen LogP contribution in [0.3, 0.4) is 0 Å². The lowest BCUT2D eigenvalue weighted by atomic mass is 9.83. The molecule has 20 heavy (non-hydrogen) atoms. The Morgan fingerprint density at radius 1 is 1.20 bits per heavy atom. The Bertz CT molecular complexity index is 516. The highest BCUT2D eigenvalue weighted by Gasteiger charge is 2.26. The van der Waals surface area contributed by atoms with Gasteiger partial charge in [-0.3, -0.25) is 4.79 Å². The molecule has 1 fully saturated rings. The van der Waals surface area contributed by atoms with Crippen molar-refractivity contribution in [2.75, 3.05) is 13.1 Å². The van der Waals surface area contributed by atoms with Gasteiger partial charge in [0.1, 0.15) is 5.75 Å². The number of hydrogen-bond donors (Lipinski definition) is 1. The second-order valence-electron chi connectivity index (χ2n) is 6.13. The number of aromatic hydroxyl groups is 1. The fourth-order valence-corrected chi connectivity index (χ4v) is 3.66. The quantitative estimate of drug-likeness (QED) is 0.854. The topological polar surface area (TPSA) is 40.5 Å². The summed E-state index contributed by atoms with van der Waals surface area (Å²) in [6.07, 6.45) is 6.47. The van der Waals surface area contributed by atoms with E-state index < -0.39 is 0 Å². The van der Waals surface area contributed by atoms with Gasteiger partial charge < -0.3 is 10.0 Å². The Morgan fingerprint density at radius 2 is 1.90 bits per heavy atom. The molecular weight excluding hydrogens is 250 g/mol. The van der Waals surface area contributed by atoms with Gasteiger partial charge in [0, 0.05) is 20.0 Å². The Balaban J connectivity index is 1.80. The number of rotatable bonds is 1. The summed E-state index contributed by atoms with van der Waals surface area (Å²) in [4.78, 5) is 13.3. The van der Waals surface area contributed by atoms with Gasteiger partial charge in [-0.15, -0.1) is 0 Å². The fraction of sp³-hybridized carbons (Fsp3) is 0.588. The highest BCUT2D eigenvalue weighted by Crippen LogP contribution is 2.39. The Labute approximate surface area is 120 Å². The van der Waals surface area contributed by atoms with E-state index in [1.807, 2.05) is 4.90 Å². The first-order valence-corrected chi connectivity index (χ1v) is 7.76. The van der Waals surface area contributed by atoms with Crippen molar-refractivity contribution in [3.8, 4) is 5.75 Å². The molecule has 1 heterocycles. The number of aryl methyl sites for hydroxylation is 1. The van der Waals surface area contributed by atoms with E-state index in [2.05, 4.69) is 12.1 Å². The van der Waals surface area contributed by atoms with E-state index in [4.69, 9.17) is 0 Å². The van der Waals surface area contributed by atoms with Gasteiger partial charge in [-0.25, -0.2) is 0 Å². The molecule has 1 aliphatic heterocycles. The van der Waals surface area contributed by atoms with E-state index in [9.17, 15) is 9.90 Å². The molecule has 1 aromatic rings. The van der Waals surface area contributed by atoms with Crippen molar-refractivity contribution in [1.82, 2.24) is 4.90 Å². The van der Waals surface area contributed by atoms with Gasteiger partial charge in [0.15, 0.2) is 0 Å². The maximum atomic E-state index is 11.4. The number of phenols is 1. The summed E-state index contributed by atoms with van der Waals surface area (Å²) in [5, 5.41) is 10.6. The van der Waals surface area contributed by atoms with E-state index in [0.29, 0.717) is 11.7 Å². The minimum absolute atomic E-state index is 0.165. The molecule has 1 N–H and O–H groups in total. The van der Waals surface area contributed by atoms with Crippen molar-refractivity contribution < 1.29 is 9.90 Å². The molecule has 1 aromatic carbocycles. The van der Waals surface area contributed by atoms with E-state index in [1.165, 1.54) is 24.0 Å². The minimum atomic E-state index is 0.165. The molecule has 2 aliphatic rings. The van der Waals surface area contributed by atoms with Crippen molar-refractivity contribution >= 4 is 5.91 Å². The van der Waals surface area contributed by atoms with Crippen LogP contribution in [0.5, 0.6) is 5.75 Å². The van der Waals surface area contributed by atoms with Gasteiger partial charge in [0.2, 0.25) is 5.91 Å². The number of benzene rings is 1. The van der Waals surface area contributed by atoms with Gasteiger partial charge in [0.25, 0.3) is 0 Å². The smallest absolute Gasteiger partial charge is 0.219 e. The van der Waals surface area contributed by atoms with Crippen LogP contribution in [-0.2, 0) is 17.6 Å². The molecule has 0 unspecified atom stereocenters. The third-order valence-corrected chi connectivity index (χ3v) is 4.91. The zero-order valence-electron chi connectivity index (χ0n) is 12.2. The standard InChI is InChI=1S/C17H23NO2/c1-12(19)18-10-8-14(9-11-18)16-7-6-13-4-2-3-5-15(13)17(16)20/h6-7,14,20H,2-5,8-11H2,1H3. The molecule has 0 saturated carbocycles. The number of piperidine rings is 1. The maximum absolute atomic E-state index is 11.4. The SMILES string of the molecule is CC(=O)N1CCC(c2ccc3c(c2O)CCCC3)CC1. The zero-order valence-corrected chi connectivity index (χ0v) is 12.2. The monoisotopic (exact) mass is 273 g/mol. The van der Waals surface area contributed by atoms with Crippen LogP contribution in [0, 0.1) is 0 Å². The largest absolute Gasteiger partial charge is 0.507 e. The molecular formula is C17H23NO2. The van der Waals surface area contributed by atoms with Crippen molar-refractivity contribution in [3.63, 3.8) is 0 Å². The number of amides is 1. The summed E-state index contributed by atoms with van der Waals surface area (Å²) in [5.41, 5.74) is 3.62. The van der Waals surface area contributed by atoms with Crippen LogP contribution in [0.25, 0.3) is 0 Å². The van der Waals surface area contributed by atoms with Gasteiger partial charge in [-0.1, -0.05) is 12.1 Å². The summed E-state index contributed by atoms with van der Waals surface area (Å²) in [6.45, 7) is 3.27. The molecule has 0 radical (unpaired) electrons. The Hall–Kier alpha value is -1.51. The van der Waals surface area contributed by atoms with Crippen molar-refractivity contribution in [1.29, 1.82) is 0 Å². The lowest BCUT2D eigenvalue weighted by molar-refractivity contribution is -0.129. The minimum Gasteiger partial charge on any atom is -0.507 e. The molecule has 108 valence electrons. The lowest BCUT2D eigenvalue weighted by Crippen LogP contribution is -2.36. The molecule has 3 rings (SSSR count). The van der Waals surface area contributed by atoms with Gasteiger partial charge in [-0.2, -0.15) is 0 Å². The Morgan fingerprint density at radius 3 is 2.60 bits per heavy atom. The predicted octanol–water partition coefficient (Wildman–Crippen LogP) is 3.00. The number of carbonyl (C=O) groups excluding carboxylic acids is 1. The van der Waals surface area contributed by atoms with Crippen molar-refractivity contribution in [2.45, 2.75) is 51.4 Å². The lowest BCUT2D eigenvalue weighted by Gasteiger charge is -2.32. The van der Waals surface area contributed by atoms with Crippen LogP contribution < -0.4 is 0 Å². The average molecular weight is 273 g/mol. The Kier molecular flexibility index (Phi) is 3.68. The van der Waals surface area contributed by atoms with E-state index in [0.717, 1.165) is 44.3 Å². The molecule has 1 aliphatic carbocycles. The second kappa shape index (κ2) is 5.47. The van der Waals surface area contributed by atoms with Gasteiger partial charge in [0.05, 0.1) is 0 Å². The molecule has 0 atom stereocenters. The zero-order chi connectivity index (χ0) is 14.1. The summed E-state index contributed by atoms with van der Waals surface area (Å²) in [6, 6.07) is 4.33. The first kappa shape index (κ1) is 13.5. The van der Waals surface area contributed by atoms with Gasteiger partial charge in [-0.05, 0) is 61.1 Å². The summed E-state index contributed by atoms with van der Waals surface area (Å²) >= 11 is 0. The predicted molar refractivity (Wildman–Crippen MR) is 79.0 cm³/mol. The normalized spacial score (nSPS) is 19.8. The summed E-state index contributed by atoms with van der Waals surface area (Å²) in [5.74, 6) is 1.11. The number of nitrogens with zero attached hydrogens (tertiary/aromatic N) is 1. The van der Waals surface area contributed by atoms with E-state index >= 15 is 0 Å². The van der Waals surface area contributed by atoms with Crippen LogP contribution in [0.15, 0.2) is 12.1 Å². The second-order valence-corrected chi connectivity index (χ2v) is 6.13. The molecule has 0 aromatic heterocycles. The van der Waals surface area contributed by atoms with Crippen LogP contribution in [0.1, 0.15) is 55.2 Å². The van der Waals surface area contributed by atoms with Crippen LogP contribution >= 0.6 is 0 Å². The van der Waals surface area contributed by atoms with Crippen LogP contribution in [-0.4, -0.2) is 29.0 Å². The van der Waals surface area contributed by atoms with Crippen molar-refractivity contribution in [3.05, 3.63) is 28.8 Å². The van der Waals surface area contributed by atoms with Crippen LogP contribution in [0.4, 0.5) is 0 Å². The molecule has 3 heteroatoms. The first-order chi connectivity index (χ1) is 9.66. The molecule has 0 spiro atoms. The van der Waals surface area contributed by atoms with Crippen molar-refractivity contribution in [2.24, 2.45) is 0 Å². The number of carbonyl (C=O) groups is 1. The molecule has 1 saturated heterocycles. The van der Waals surface area contributed by atoms with E-state index in [1.54, 1.807) is 6.92 Å². The third-order valence-electron chi connectivity index (χ3n) is 4.91. The fourth-order valence-electron chi connectivity index (χ4n) is 3.66. The van der Waals surface area contributed by atoms with E-state index in [-0.39, 0.29) is 5.91 Å².